The number of benzene rings is 3. The van der Waals surface area contributed by atoms with Crippen LogP contribution in [-0.4, -0.2) is 22.2 Å². The average Bonchev–Trinajstić information content (AvgIpc) is 3.18. The van der Waals surface area contributed by atoms with Crippen molar-refractivity contribution in [1.29, 1.82) is 0 Å². The number of carboxylic acids is 1. The molecule has 36 heavy (non-hydrogen) atoms. The largest absolute Gasteiger partial charge is 0.481 e. The highest BCUT2D eigenvalue weighted by Gasteiger charge is 2.21. The number of esters is 1. The molecule has 0 aliphatic rings. The van der Waals surface area contributed by atoms with Gasteiger partial charge >= 0.3 is 11.9 Å². The number of carbonyl (C=O) groups is 2. The van der Waals surface area contributed by atoms with Crippen LogP contribution in [0.15, 0.2) is 80.2 Å². The zero-order chi connectivity index (χ0) is 25.8. The molecule has 0 bridgehead atoms. The third kappa shape index (κ3) is 6.30. The fraction of sp³-hybridized carbons (Fsp3) is 0.179. The van der Waals surface area contributed by atoms with E-state index in [1.54, 1.807) is 6.92 Å². The van der Waals surface area contributed by atoms with Gasteiger partial charge in [0.2, 0.25) is 0 Å². The van der Waals surface area contributed by atoms with Crippen LogP contribution >= 0.6 is 31.9 Å². The maximum absolute atomic E-state index is 12.8. The summed E-state index contributed by atoms with van der Waals surface area (Å²) in [5.41, 5.74) is 5.70. The van der Waals surface area contributed by atoms with Gasteiger partial charge in [0.05, 0.1) is 18.5 Å². The number of aromatic nitrogens is 1. The first-order valence-corrected chi connectivity index (χ1v) is 12.8. The maximum atomic E-state index is 12.8. The van der Waals surface area contributed by atoms with Gasteiger partial charge in [-0.3, -0.25) is 9.59 Å². The quantitative estimate of drug-likeness (QED) is 0.210. The molecule has 4 aromatic rings. The molecule has 0 saturated carbocycles. The number of aryl methyl sites for hydroxylation is 1. The fourth-order valence-corrected chi connectivity index (χ4v) is 5.22. The molecule has 3 aromatic carbocycles. The number of carbonyl (C=O) groups excluding carboxylic acids is 1. The predicted octanol–water partition coefficient (Wildman–Crippen LogP) is 7.32. The SMILES string of the molecule is Cc1noc(-c2ccc(-c3ccc(CC(=O)O)cc3)cc2)c1CC(=O)O[C@H](C)c1cc(Br)cc(Br)c1. The second-order valence-electron chi connectivity index (χ2n) is 8.43. The molecule has 0 radical (unpaired) electrons. The predicted molar refractivity (Wildman–Crippen MR) is 144 cm³/mol. The molecule has 0 unspecified atom stereocenters. The molecule has 1 aromatic heterocycles. The number of nitrogens with zero attached hydrogens (tertiary/aromatic N) is 1. The second-order valence-corrected chi connectivity index (χ2v) is 10.3. The normalized spacial score (nSPS) is 11.8. The maximum Gasteiger partial charge on any atom is 0.311 e. The lowest BCUT2D eigenvalue weighted by Crippen LogP contribution is -2.12. The molecule has 8 heteroatoms. The van der Waals surface area contributed by atoms with Crippen LogP contribution in [0.5, 0.6) is 0 Å². The van der Waals surface area contributed by atoms with Crippen LogP contribution < -0.4 is 0 Å². The van der Waals surface area contributed by atoms with Gasteiger partial charge in [0.15, 0.2) is 5.76 Å². The molecule has 1 N–H and O–H groups in total. The second kappa shape index (κ2) is 11.2. The monoisotopic (exact) mass is 611 g/mol. The molecule has 1 atom stereocenters. The minimum absolute atomic E-state index is 0.00546. The van der Waals surface area contributed by atoms with Crippen molar-refractivity contribution >= 4 is 43.8 Å². The van der Waals surface area contributed by atoms with Crippen LogP contribution in [-0.2, 0) is 27.2 Å². The van der Waals surface area contributed by atoms with Crippen molar-refractivity contribution in [3.63, 3.8) is 0 Å². The average molecular weight is 613 g/mol. The number of rotatable bonds is 8. The summed E-state index contributed by atoms with van der Waals surface area (Å²) in [5.74, 6) is -0.695. The number of aliphatic carboxylic acids is 1. The Morgan fingerprint density at radius 3 is 2.06 bits per heavy atom. The molecule has 6 nitrogen and oxygen atoms in total. The van der Waals surface area contributed by atoms with Crippen LogP contribution in [0, 0.1) is 6.92 Å². The lowest BCUT2D eigenvalue weighted by molar-refractivity contribution is -0.147. The van der Waals surface area contributed by atoms with Crippen molar-refractivity contribution < 1.29 is 24.0 Å². The topological polar surface area (TPSA) is 89.6 Å². The molecule has 1 heterocycles. The summed E-state index contributed by atoms with van der Waals surface area (Å²) in [6, 6.07) is 20.9. The first-order valence-electron chi connectivity index (χ1n) is 11.2. The van der Waals surface area contributed by atoms with Crippen LogP contribution in [0.2, 0.25) is 0 Å². The first-order chi connectivity index (χ1) is 17.2. The molecular weight excluding hydrogens is 590 g/mol. The number of hydrogen-bond donors (Lipinski definition) is 1. The zero-order valence-corrected chi connectivity index (χ0v) is 22.8. The van der Waals surface area contributed by atoms with Gasteiger partial charge in [-0.15, -0.1) is 0 Å². The van der Waals surface area contributed by atoms with Crippen LogP contribution in [0.3, 0.4) is 0 Å². The third-order valence-electron chi connectivity index (χ3n) is 5.76. The highest BCUT2D eigenvalue weighted by atomic mass is 79.9. The van der Waals surface area contributed by atoms with Gasteiger partial charge in [-0.05, 0) is 54.3 Å². The van der Waals surface area contributed by atoms with E-state index in [1.165, 1.54) is 0 Å². The van der Waals surface area contributed by atoms with Crippen molar-refractivity contribution in [3.8, 4) is 22.5 Å². The van der Waals surface area contributed by atoms with Gasteiger partial charge < -0.3 is 14.4 Å². The van der Waals surface area contributed by atoms with E-state index in [1.807, 2.05) is 73.7 Å². The highest BCUT2D eigenvalue weighted by Crippen LogP contribution is 2.31. The number of hydrogen-bond acceptors (Lipinski definition) is 5. The smallest absolute Gasteiger partial charge is 0.311 e. The van der Waals surface area contributed by atoms with E-state index in [9.17, 15) is 9.59 Å². The summed E-state index contributed by atoms with van der Waals surface area (Å²) in [5, 5.41) is 13.0. The molecular formula is C28H23Br2NO5. The van der Waals surface area contributed by atoms with Gasteiger partial charge in [-0.2, -0.15) is 0 Å². The van der Waals surface area contributed by atoms with Gasteiger partial charge in [0, 0.05) is 20.1 Å². The summed E-state index contributed by atoms with van der Waals surface area (Å²) in [7, 11) is 0. The lowest BCUT2D eigenvalue weighted by Gasteiger charge is -2.14. The Morgan fingerprint density at radius 2 is 1.47 bits per heavy atom. The van der Waals surface area contributed by atoms with Crippen molar-refractivity contribution in [2.24, 2.45) is 0 Å². The summed E-state index contributed by atoms with van der Waals surface area (Å²) in [4.78, 5) is 23.7. The van der Waals surface area contributed by atoms with E-state index < -0.39 is 12.1 Å². The summed E-state index contributed by atoms with van der Waals surface area (Å²) in [6.45, 7) is 3.64. The Labute approximate surface area is 225 Å². The Morgan fingerprint density at radius 1 is 0.917 bits per heavy atom. The van der Waals surface area contributed by atoms with E-state index >= 15 is 0 Å². The molecule has 0 spiro atoms. The highest BCUT2D eigenvalue weighted by molar-refractivity contribution is 9.11. The van der Waals surface area contributed by atoms with E-state index in [-0.39, 0.29) is 18.8 Å². The lowest BCUT2D eigenvalue weighted by atomic mass is 9.99. The zero-order valence-electron chi connectivity index (χ0n) is 19.6. The van der Waals surface area contributed by atoms with Crippen molar-refractivity contribution in [2.75, 3.05) is 0 Å². The summed E-state index contributed by atoms with van der Waals surface area (Å²) < 4.78 is 13.1. The van der Waals surface area contributed by atoms with Gasteiger partial charge in [-0.25, -0.2) is 0 Å². The van der Waals surface area contributed by atoms with Crippen molar-refractivity contribution in [3.05, 3.63) is 98.1 Å². The van der Waals surface area contributed by atoms with Crippen LogP contribution in [0.1, 0.15) is 35.4 Å². The van der Waals surface area contributed by atoms with Crippen molar-refractivity contribution in [1.82, 2.24) is 5.16 Å². The first kappa shape index (κ1) is 25.9. The Kier molecular flexibility index (Phi) is 8.06. The van der Waals surface area contributed by atoms with E-state index in [4.69, 9.17) is 14.4 Å². The summed E-state index contributed by atoms with van der Waals surface area (Å²) in [6.07, 6.45) is -0.387. The molecule has 0 fully saturated rings. The fourth-order valence-electron chi connectivity index (χ4n) is 3.89. The standard InChI is InChI=1S/C28H23Br2NO5/c1-16-25(15-27(34)35-17(2)22-12-23(29)14-24(30)13-22)28(36-31-16)21-9-7-20(8-10-21)19-5-3-18(4-6-19)11-26(32)33/h3-10,12-14,17H,11,15H2,1-2H3,(H,32,33)/t17-/m1/s1. The minimum atomic E-state index is -0.857. The van der Waals surface area contributed by atoms with Gasteiger partial charge in [-0.1, -0.05) is 85.5 Å². The van der Waals surface area contributed by atoms with Crippen molar-refractivity contribution in [2.45, 2.75) is 32.8 Å². The van der Waals surface area contributed by atoms with Gasteiger partial charge in [0.25, 0.3) is 0 Å². The molecule has 0 aliphatic heterocycles. The number of ether oxygens (including phenoxy) is 1. The van der Waals surface area contributed by atoms with Crippen LogP contribution in [0.25, 0.3) is 22.5 Å². The Hall–Kier alpha value is -3.23. The number of halogens is 2. The van der Waals surface area contributed by atoms with Gasteiger partial charge in [0.1, 0.15) is 6.10 Å². The van der Waals surface area contributed by atoms with E-state index in [0.717, 1.165) is 36.8 Å². The molecule has 4 rings (SSSR count). The Bertz CT molecular complexity index is 1370. The number of carboxylic acid groups (broad SMARTS) is 1. The molecule has 0 saturated heterocycles. The third-order valence-corrected chi connectivity index (χ3v) is 6.67. The van der Waals surface area contributed by atoms with E-state index in [2.05, 4.69) is 37.0 Å². The van der Waals surface area contributed by atoms with E-state index in [0.29, 0.717) is 17.0 Å². The molecule has 0 amide bonds. The minimum Gasteiger partial charge on any atom is -0.481 e. The van der Waals surface area contributed by atoms with Crippen LogP contribution in [0.4, 0.5) is 0 Å². The molecule has 184 valence electrons. The molecule has 0 aliphatic carbocycles. The Balaban J connectivity index is 1.48. The summed E-state index contributed by atoms with van der Waals surface area (Å²) >= 11 is 6.92.